The number of benzene rings is 1. The van der Waals surface area contributed by atoms with E-state index in [1.54, 1.807) is 11.8 Å². The second-order valence-electron chi connectivity index (χ2n) is 5.99. The Bertz CT molecular complexity index is 520. The number of ether oxygens (including phenoxy) is 1. The Hall–Kier alpha value is -1.53. The number of nitrogens with one attached hydrogen (secondary N) is 2. The van der Waals surface area contributed by atoms with Crippen molar-refractivity contribution in [2.75, 3.05) is 25.5 Å². The highest BCUT2D eigenvalue weighted by atomic mass is 32.2. The predicted molar refractivity (Wildman–Crippen MR) is 103 cm³/mol. The van der Waals surface area contributed by atoms with Crippen LogP contribution in [0.2, 0.25) is 0 Å². The third kappa shape index (κ3) is 10.1. The van der Waals surface area contributed by atoms with Crippen LogP contribution >= 0.6 is 11.8 Å². The van der Waals surface area contributed by atoms with Crippen LogP contribution in [0.25, 0.3) is 0 Å². The lowest BCUT2D eigenvalue weighted by atomic mass is 10.2. The number of aryl methyl sites for hydroxylation is 1. The summed E-state index contributed by atoms with van der Waals surface area (Å²) in [6.07, 6.45) is 2.95. The molecule has 0 aliphatic rings. The largest absolute Gasteiger partial charge is 0.381 e. The molecule has 0 fully saturated rings. The molecule has 0 saturated carbocycles. The number of carbonyl (C=O) groups is 2. The van der Waals surface area contributed by atoms with Crippen molar-refractivity contribution >= 4 is 23.6 Å². The van der Waals surface area contributed by atoms with Gasteiger partial charge in [-0.25, -0.2) is 0 Å². The van der Waals surface area contributed by atoms with Crippen molar-refractivity contribution in [1.82, 2.24) is 10.6 Å². The third-order valence-corrected chi connectivity index (χ3v) is 4.64. The first-order valence-corrected chi connectivity index (χ1v) is 9.83. The molecule has 1 atom stereocenters. The molecule has 0 saturated heterocycles. The minimum Gasteiger partial charge on any atom is -0.381 e. The summed E-state index contributed by atoms with van der Waals surface area (Å²) < 4.78 is 5.47. The minimum atomic E-state index is -0.537. The minimum absolute atomic E-state index is 0.150. The molecule has 0 spiro atoms. The van der Waals surface area contributed by atoms with Crippen LogP contribution in [0, 0.1) is 6.92 Å². The Morgan fingerprint density at radius 1 is 1.16 bits per heavy atom. The lowest BCUT2D eigenvalue weighted by Crippen LogP contribution is -2.47. The highest BCUT2D eigenvalue weighted by Gasteiger charge is 2.19. The molecule has 2 N–H and O–H groups in total. The molecule has 0 aromatic heterocycles. The van der Waals surface area contributed by atoms with Crippen LogP contribution in [0.15, 0.2) is 29.2 Å². The molecular weight excluding hydrogens is 336 g/mol. The van der Waals surface area contributed by atoms with E-state index in [0.717, 1.165) is 30.8 Å². The van der Waals surface area contributed by atoms with Gasteiger partial charge in [-0.2, -0.15) is 0 Å². The summed E-state index contributed by atoms with van der Waals surface area (Å²) in [5, 5.41) is 5.60. The zero-order valence-corrected chi connectivity index (χ0v) is 16.3. The number of carbonyl (C=O) groups excluding carboxylic acids is 2. The molecule has 6 heteroatoms. The fourth-order valence-electron chi connectivity index (χ4n) is 2.10. The molecule has 25 heavy (non-hydrogen) atoms. The summed E-state index contributed by atoms with van der Waals surface area (Å²) in [4.78, 5) is 24.8. The first-order valence-electron chi connectivity index (χ1n) is 8.85. The van der Waals surface area contributed by atoms with Gasteiger partial charge in [-0.15, -0.1) is 11.8 Å². The van der Waals surface area contributed by atoms with Crippen LogP contribution in [0.4, 0.5) is 0 Å². The Labute approximate surface area is 155 Å². The smallest absolute Gasteiger partial charge is 0.243 e. The SMILES string of the molecule is CCCCOCCCNC(=O)C(CSc1ccc(C)cc1)NC(C)=O. The van der Waals surface area contributed by atoms with Crippen LogP contribution in [-0.4, -0.2) is 43.4 Å². The molecule has 1 aromatic carbocycles. The molecule has 0 radical (unpaired) electrons. The van der Waals surface area contributed by atoms with Crippen molar-refractivity contribution in [3.05, 3.63) is 29.8 Å². The number of unbranched alkanes of at least 4 members (excludes halogenated alkanes) is 1. The Kier molecular flexibility index (Phi) is 11.0. The highest BCUT2D eigenvalue weighted by molar-refractivity contribution is 7.99. The van der Waals surface area contributed by atoms with Gasteiger partial charge in [-0.05, 0) is 31.9 Å². The lowest BCUT2D eigenvalue weighted by molar-refractivity contribution is -0.127. The molecule has 1 unspecified atom stereocenters. The maximum absolute atomic E-state index is 12.3. The second kappa shape index (κ2) is 12.8. The lowest BCUT2D eigenvalue weighted by Gasteiger charge is -2.17. The molecule has 0 heterocycles. The first-order chi connectivity index (χ1) is 12.0. The maximum Gasteiger partial charge on any atom is 0.243 e. The van der Waals surface area contributed by atoms with Crippen LogP contribution < -0.4 is 10.6 Å². The van der Waals surface area contributed by atoms with Gasteiger partial charge < -0.3 is 15.4 Å². The Morgan fingerprint density at radius 3 is 2.48 bits per heavy atom. The van der Waals surface area contributed by atoms with E-state index in [4.69, 9.17) is 4.74 Å². The number of hydrogen-bond donors (Lipinski definition) is 2. The number of rotatable bonds is 12. The van der Waals surface area contributed by atoms with E-state index in [0.29, 0.717) is 18.9 Å². The van der Waals surface area contributed by atoms with Gasteiger partial charge in [0.2, 0.25) is 11.8 Å². The van der Waals surface area contributed by atoms with Crippen molar-refractivity contribution < 1.29 is 14.3 Å². The fourth-order valence-corrected chi connectivity index (χ4v) is 3.02. The van der Waals surface area contributed by atoms with Crippen molar-refractivity contribution in [3.63, 3.8) is 0 Å². The third-order valence-electron chi connectivity index (χ3n) is 3.54. The molecule has 5 nitrogen and oxygen atoms in total. The van der Waals surface area contributed by atoms with E-state index < -0.39 is 6.04 Å². The van der Waals surface area contributed by atoms with Crippen molar-refractivity contribution in [1.29, 1.82) is 0 Å². The van der Waals surface area contributed by atoms with Gasteiger partial charge in [0.1, 0.15) is 6.04 Å². The van der Waals surface area contributed by atoms with E-state index in [9.17, 15) is 9.59 Å². The summed E-state index contributed by atoms with van der Waals surface area (Å²) in [5.74, 6) is 0.150. The molecule has 1 rings (SSSR count). The summed E-state index contributed by atoms with van der Waals surface area (Å²) in [6, 6.07) is 7.58. The van der Waals surface area contributed by atoms with E-state index >= 15 is 0 Å². The highest BCUT2D eigenvalue weighted by Crippen LogP contribution is 2.19. The van der Waals surface area contributed by atoms with Crippen LogP contribution in [-0.2, 0) is 14.3 Å². The fraction of sp³-hybridized carbons (Fsp3) is 0.579. The summed E-state index contributed by atoms with van der Waals surface area (Å²) in [5.41, 5.74) is 1.20. The van der Waals surface area contributed by atoms with Gasteiger partial charge in [0.25, 0.3) is 0 Å². The van der Waals surface area contributed by atoms with E-state index in [1.807, 2.05) is 31.2 Å². The van der Waals surface area contributed by atoms with Gasteiger partial charge in [-0.1, -0.05) is 31.0 Å². The summed E-state index contributed by atoms with van der Waals surface area (Å²) in [7, 11) is 0. The standard InChI is InChI=1S/C19H30N2O3S/c1-4-5-12-24-13-6-11-20-19(23)18(21-16(3)22)14-25-17-9-7-15(2)8-10-17/h7-10,18H,4-6,11-14H2,1-3H3,(H,20,23)(H,21,22). The van der Waals surface area contributed by atoms with Gasteiger partial charge >= 0.3 is 0 Å². The van der Waals surface area contributed by atoms with Crippen LogP contribution in [0.3, 0.4) is 0 Å². The average molecular weight is 367 g/mol. The van der Waals surface area contributed by atoms with Gasteiger partial charge in [0.05, 0.1) is 0 Å². The van der Waals surface area contributed by atoms with Gasteiger partial charge in [-0.3, -0.25) is 9.59 Å². The zero-order valence-electron chi connectivity index (χ0n) is 15.5. The van der Waals surface area contributed by atoms with E-state index in [1.165, 1.54) is 12.5 Å². The monoisotopic (exact) mass is 366 g/mol. The number of hydrogen-bond acceptors (Lipinski definition) is 4. The normalized spacial score (nSPS) is 11.8. The molecule has 140 valence electrons. The molecule has 0 aliphatic heterocycles. The second-order valence-corrected chi connectivity index (χ2v) is 7.08. The average Bonchev–Trinajstić information content (AvgIpc) is 2.58. The van der Waals surface area contributed by atoms with Crippen LogP contribution in [0.5, 0.6) is 0 Å². The van der Waals surface area contributed by atoms with Crippen molar-refractivity contribution in [3.8, 4) is 0 Å². The number of thioether (sulfide) groups is 1. The molecular formula is C19H30N2O3S. The van der Waals surface area contributed by atoms with Crippen molar-refractivity contribution in [2.45, 2.75) is 51.0 Å². The van der Waals surface area contributed by atoms with E-state index in [-0.39, 0.29) is 11.8 Å². The maximum atomic E-state index is 12.3. The molecule has 2 amide bonds. The first kappa shape index (κ1) is 21.5. The van der Waals surface area contributed by atoms with E-state index in [2.05, 4.69) is 17.6 Å². The summed E-state index contributed by atoms with van der Waals surface area (Å²) in [6.45, 7) is 7.55. The molecule has 0 bridgehead atoms. The Balaban J connectivity index is 2.36. The summed E-state index contributed by atoms with van der Waals surface area (Å²) >= 11 is 1.56. The van der Waals surface area contributed by atoms with Crippen LogP contribution in [0.1, 0.15) is 38.7 Å². The molecule has 1 aromatic rings. The quantitative estimate of drug-likeness (QED) is 0.441. The Morgan fingerprint density at radius 2 is 1.84 bits per heavy atom. The van der Waals surface area contributed by atoms with Crippen molar-refractivity contribution in [2.24, 2.45) is 0 Å². The topological polar surface area (TPSA) is 67.4 Å². The predicted octanol–water partition coefficient (Wildman–Crippen LogP) is 2.91. The zero-order chi connectivity index (χ0) is 18.5. The number of amides is 2. The molecule has 0 aliphatic carbocycles. The van der Waals surface area contributed by atoms with Gasteiger partial charge in [0.15, 0.2) is 0 Å². The van der Waals surface area contributed by atoms with Gasteiger partial charge in [0, 0.05) is 37.3 Å².